The Morgan fingerprint density at radius 3 is 2.70 bits per heavy atom. The lowest BCUT2D eigenvalue weighted by molar-refractivity contribution is -0.123. The van der Waals surface area contributed by atoms with E-state index < -0.39 is 0 Å². The highest BCUT2D eigenvalue weighted by atomic mass is 16.5. The van der Waals surface area contributed by atoms with Gasteiger partial charge in [-0.2, -0.15) is 0 Å². The topological polar surface area (TPSA) is 51.2 Å². The zero-order chi connectivity index (χ0) is 16.1. The number of ether oxygens (including phenoxy) is 1. The minimum Gasteiger partial charge on any atom is -0.481 e. The van der Waals surface area contributed by atoms with Crippen LogP contribution in [0, 0.1) is 0 Å². The number of fused-ring (bicyclic) bond motifs is 1. The number of aromatic nitrogens is 1. The summed E-state index contributed by atoms with van der Waals surface area (Å²) >= 11 is 0. The summed E-state index contributed by atoms with van der Waals surface area (Å²) in [5, 5.41) is 3.92. The molecule has 23 heavy (non-hydrogen) atoms. The van der Waals surface area contributed by atoms with Gasteiger partial charge in [0, 0.05) is 11.6 Å². The summed E-state index contributed by atoms with van der Waals surface area (Å²) < 4.78 is 5.64. The summed E-state index contributed by atoms with van der Waals surface area (Å²) in [4.78, 5) is 16.4. The maximum atomic E-state index is 12.1. The highest BCUT2D eigenvalue weighted by Crippen LogP contribution is 2.22. The Bertz CT molecular complexity index is 797. The summed E-state index contributed by atoms with van der Waals surface area (Å²) in [6.07, 6.45) is 1.72. The van der Waals surface area contributed by atoms with Gasteiger partial charge in [-0.05, 0) is 24.6 Å². The summed E-state index contributed by atoms with van der Waals surface area (Å²) in [5.41, 5.74) is 1.83. The quantitative estimate of drug-likeness (QED) is 0.785. The van der Waals surface area contributed by atoms with Crippen LogP contribution in [-0.2, 0) is 4.79 Å². The monoisotopic (exact) mass is 306 g/mol. The number of carbonyl (C=O) groups is 1. The first-order valence-electron chi connectivity index (χ1n) is 7.55. The molecule has 2 aromatic carbocycles. The van der Waals surface area contributed by atoms with E-state index in [0.29, 0.717) is 5.75 Å². The lowest BCUT2D eigenvalue weighted by Crippen LogP contribution is -2.31. The van der Waals surface area contributed by atoms with E-state index in [-0.39, 0.29) is 18.6 Å². The number of nitrogens with one attached hydrogen (secondary N) is 1. The molecular weight excluding hydrogens is 288 g/mol. The molecular formula is C19H18N2O2. The van der Waals surface area contributed by atoms with Gasteiger partial charge in [0.25, 0.3) is 5.91 Å². The predicted molar refractivity (Wildman–Crippen MR) is 90.2 cm³/mol. The van der Waals surface area contributed by atoms with Crippen molar-refractivity contribution in [2.75, 3.05) is 6.61 Å². The van der Waals surface area contributed by atoms with Gasteiger partial charge in [0.2, 0.25) is 0 Å². The molecule has 1 atom stereocenters. The van der Waals surface area contributed by atoms with Crippen LogP contribution in [0.1, 0.15) is 18.5 Å². The summed E-state index contributed by atoms with van der Waals surface area (Å²) in [6, 6.07) is 19.3. The van der Waals surface area contributed by atoms with Crippen molar-refractivity contribution in [3.63, 3.8) is 0 Å². The molecule has 0 aliphatic carbocycles. The number of hydrogen-bond donors (Lipinski definition) is 1. The van der Waals surface area contributed by atoms with E-state index in [4.69, 9.17) is 4.74 Å². The Kier molecular flexibility index (Phi) is 4.52. The fraction of sp³-hybridized carbons (Fsp3) is 0.158. The SMILES string of the molecule is C[C@@H](NC(=O)COc1cccc2cccnc12)c1ccccc1. The number of pyridine rings is 1. The number of rotatable bonds is 5. The molecule has 0 saturated carbocycles. The van der Waals surface area contributed by atoms with Crippen molar-refractivity contribution >= 4 is 16.8 Å². The maximum absolute atomic E-state index is 12.1. The molecule has 3 rings (SSSR count). The van der Waals surface area contributed by atoms with Gasteiger partial charge in [-0.25, -0.2) is 0 Å². The third-order valence-electron chi connectivity index (χ3n) is 3.63. The van der Waals surface area contributed by atoms with Crippen LogP contribution in [0.2, 0.25) is 0 Å². The van der Waals surface area contributed by atoms with E-state index in [1.54, 1.807) is 6.20 Å². The van der Waals surface area contributed by atoms with Crippen molar-refractivity contribution in [1.82, 2.24) is 10.3 Å². The lowest BCUT2D eigenvalue weighted by Gasteiger charge is -2.15. The van der Waals surface area contributed by atoms with Gasteiger partial charge in [-0.3, -0.25) is 9.78 Å². The lowest BCUT2D eigenvalue weighted by atomic mass is 10.1. The molecule has 4 heteroatoms. The van der Waals surface area contributed by atoms with Crippen molar-refractivity contribution < 1.29 is 9.53 Å². The zero-order valence-electron chi connectivity index (χ0n) is 12.9. The van der Waals surface area contributed by atoms with Crippen molar-refractivity contribution in [3.05, 3.63) is 72.4 Å². The summed E-state index contributed by atoms with van der Waals surface area (Å²) in [6.45, 7) is 1.92. The van der Waals surface area contributed by atoms with E-state index in [9.17, 15) is 4.79 Å². The number of hydrogen-bond acceptors (Lipinski definition) is 3. The van der Waals surface area contributed by atoms with E-state index >= 15 is 0 Å². The second-order valence-electron chi connectivity index (χ2n) is 5.32. The number of carbonyl (C=O) groups excluding carboxylic acids is 1. The molecule has 0 spiro atoms. The van der Waals surface area contributed by atoms with Crippen LogP contribution in [0.25, 0.3) is 10.9 Å². The van der Waals surface area contributed by atoms with E-state index in [2.05, 4.69) is 10.3 Å². The summed E-state index contributed by atoms with van der Waals surface area (Å²) in [7, 11) is 0. The number of amides is 1. The van der Waals surface area contributed by atoms with Crippen molar-refractivity contribution in [3.8, 4) is 5.75 Å². The molecule has 0 bridgehead atoms. The van der Waals surface area contributed by atoms with Gasteiger partial charge in [0.1, 0.15) is 11.3 Å². The van der Waals surface area contributed by atoms with Crippen LogP contribution in [0.5, 0.6) is 5.75 Å². The van der Waals surface area contributed by atoms with Gasteiger partial charge < -0.3 is 10.1 Å². The van der Waals surface area contributed by atoms with Gasteiger partial charge in [-0.15, -0.1) is 0 Å². The molecule has 0 aliphatic heterocycles. The zero-order valence-corrected chi connectivity index (χ0v) is 12.9. The molecule has 116 valence electrons. The predicted octanol–water partition coefficient (Wildman–Crippen LogP) is 3.49. The minimum absolute atomic E-state index is 0.0349. The molecule has 1 aromatic heterocycles. The average Bonchev–Trinajstić information content (AvgIpc) is 2.60. The van der Waals surface area contributed by atoms with Crippen LogP contribution in [0.15, 0.2) is 66.9 Å². The van der Waals surface area contributed by atoms with Crippen LogP contribution >= 0.6 is 0 Å². The second kappa shape index (κ2) is 6.92. The molecule has 0 saturated heterocycles. The second-order valence-corrected chi connectivity index (χ2v) is 5.32. The molecule has 0 aliphatic rings. The first-order valence-corrected chi connectivity index (χ1v) is 7.55. The maximum Gasteiger partial charge on any atom is 0.258 e. The van der Waals surface area contributed by atoms with Crippen molar-refractivity contribution in [2.24, 2.45) is 0 Å². The largest absolute Gasteiger partial charge is 0.481 e. The molecule has 0 fully saturated rings. The number of nitrogens with zero attached hydrogens (tertiary/aromatic N) is 1. The molecule has 0 unspecified atom stereocenters. The smallest absolute Gasteiger partial charge is 0.258 e. The molecule has 3 aromatic rings. The van der Waals surface area contributed by atoms with Gasteiger partial charge in [-0.1, -0.05) is 48.5 Å². The van der Waals surface area contributed by atoms with E-state index in [0.717, 1.165) is 16.5 Å². The van der Waals surface area contributed by atoms with Crippen molar-refractivity contribution in [2.45, 2.75) is 13.0 Å². The van der Waals surface area contributed by atoms with Gasteiger partial charge in [0.05, 0.1) is 6.04 Å². The standard InChI is InChI=1S/C19H18N2O2/c1-14(15-7-3-2-4-8-15)21-18(22)13-23-17-11-5-9-16-10-6-12-20-19(16)17/h2-12,14H,13H2,1H3,(H,21,22)/t14-/m1/s1. The highest BCUT2D eigenvalue weighted by molar-refractivity contribution is 5.85. The Hall–Kier alpha value is -2.88. The minimum atomic E-state index is -0.158. The van der Waals surface area contributed by atoms with Crippen LogP contribution in [0.4, 0.5) is 0 Å². The Morgan fingerprint density at radius 2 is 1.87 bits per heavy atom. The van der Waals surface area contributed by atoms with Crippen LogP contribution in [0.3, 0.4) is 0 Å². The number of para-hydroxylation sites is 1. The molecule has 0 radical (unpaired) electrons. The third kappa shape index (κ3) is 3.66. The average molecular weight is 306 g/mol. The van der Waals surface area contributed by atoms with Gasteiger partial charge in [0.15, 0.2) is 6.61 Å². The van der Waals surface area contributed by atoms with Gasteiger partial charge >= 0.3 is 0 Å². The Labute approximate surface area is 135 Å². The van der Waals surface area contributed by atoms with Crippen LogP contribution in [-0.4, -0.2) is 17.5 Å². The van der Waals surface area contributed by atoms with Crippen molar-refractivity contribution in [1.29, 1.82) is 0 Å². The fourth-order valence-corrected chi connectivity index (χ4v) is 2.44. The Morgan fingerprint density at radius 1 is 1.09 bits per heavy atom. The molecule has 1 heterocycles. The first-order chi connectivity index (χ1) is 11.2. The van der Waals surface area contributed by atoms with E-state index in [1.807, 2.05) is 67.6 Å². The first kappa shape index (κ1) is 15.0. The fourth-order valence-electron chi connectivity index (χ4n) is 2.44. The normalized spacial score (nSPS) is 11.9. The number of benzene rings is 2. The molecule has 1 N–H and O–H groups in total. The molecule has 4 nitrogen and oxygen atoms in total. The third-order valence-corrected chi connectivity index (χ3v) is 3.63. The molecule has 1 amide bonds. The van der Waals surface area contributed by atoms with E-state index in [1.165, 1.54) is 0 Å². The highest BCUT2D eigenvalue weighted by Gasteiger charge is 2.10. The Balaban J connectivity index is 1.62. The van der Waals surface area contributed by atoms with Crippen LogP contribution < -0.4 is 10.1 Å². The summed E-state index contributed by atoms with van der Waals surface area (Å²) in [5.74, 6) is 0.458.